The van der Waals surface area contributed by atoms with Gasteiger partial charge < -0.3 is 5.32 Å². The summed E-state index contributed by atoms with van der Waals surface area (Å²) in [6.45, 7) is 5.40. The van der Waals surface area contributed by atoms with Crippen LogP contribution in [0.2, 0.25) is 0 Å². The molecule has 16 heavy (non-hydrogen) atoms. The average molecular weight is 223 g/mol. The minimum Gasteiger partial charge on any atom is -0.319 e. The molecule has 0 aromatic heterocycles. The van der Waals surface area contributed by atoms with E-state index in [1.54, 1.807) is 12.1 Å². The molecule has 0 saturated carbocycles. The van der Waals surface area contributed by atoms with Crippen LogP contribution in [0.25, 0.3) is 0 Å². The molecule has 0 radical (unpaired) electrons. The van der Waals surface area contributed by atoms with Gasteiger partial charge in [0.1, 0.15) is 5.82 Å². The molecule has 0 spiro atoms. The first kappa shape index (κ1) is 13.2. The molecular formula is C14H22FN. The van der Waals surface area contributed by atoms with Crippen molar-refractivity contribution in [2.24, 2.45) is 5.92 Å². The van der Waals surface area contributed by atoms with E-state index >= 15 is 0 Å². The lowest BCUT2D eigenvalue weighted by Gasteiger charge is -2.25. The summed E-state index contributed by atoms with van der Waals surface area (Å²) in [6, 6.07) is 6.94. The van der Waals surface area contributed by atoms with Crippen molar-refractivity contribution in [1.29, 1.82) is 0 Å². The molecule has 1 rings (SSSR count). The summed E-state index contributed by atoms with van der Waals surface area (Å²) in [4.78, 5) is 0. The van der Waals surface area contributed by atoms with Gasteiger partial charge in [-0.25, -0.2) is 4.39 Å². The van der Waals surface area contributed by atoms with Gasteiger partial charge in [-0.15, -0.1) is 0 Å². The van der Waals surface area contributed by atoms with Gasteiger partial charge in [0.15, 0.2) is 0 Å². The van der Waals surface area contributed by atoms with Gasteiger partial charge in [0, 0.05) is 6.54 Å². The zero-order valence-electron chi connectivity index (χ0n) is 10.5. The molecule has 0 bridgehead atoms. The monoisotopic (exact) mass is 223 g/mol. The van der Waals surface area contributed by atoms with E-state index < -0.39 is 0 Å². The Morgan fingerprint density at radius 2 is 1.69 bits per heavy atom. The average Bonchev–Trinajstić information content (AvgIpc) is 2.31. The first-order chi connectivity index (χ1) is 7.72. The predicted molar refractivity (Wildman–Crippen MR) is 67.1 cm³/mol. The highest BCUT2D eigenvalue weighted by molar-refractivity contribution is 5.21. The lowest BCUT2D eigenvalue weighted by molar-refractivity contribution is 0.387. The zero-order chi connectivity index (χ0) is 12.0. The molecule has 1 aromatic carbocycles. The Labute approximate surface area is 98.1 Å². The Balaban J connectivity index is 2.87. The smallest absolute Gasteiger partial charge is 0.123 e. The lowest BCUT2D eigenvalue weighted by Crippen LogP contribution is -2.23. The van der Waals surface area contributed by atoms with E-state index in [0.29, 0.717) is 11.8 Å². The topological polar surface area (TPSA) is 12.0 Å². The highest BCUT2D eigenvalue weighted by atomic mass is 19.1. The van der Waals surface area contributed by atoms with Crippen molar-refractivity contribution in [3.05, 3.63) is 35.6 Å². The molecule has 1 aromatic rings. The summed E-state index contributed by atoms with van der Waals surface area (Å²) in [6.07, 6.45) is 2.33. The normalized spacial score (nSPS) is 13.1. The van der Waals surface area contributed by atoms with E-state index in [0.717, 1.165) is 6.54 Å². The minimum absolute atomic E-state index is 0.156. The maximum absolute atomic E-state index is 12.9. The van der Waals surface area contributed by atoms with Gasteiger partial charge in [-0.2, -0.15) is 0 Å². The molecule has 2 heteroatoms. The van der Waals surface area contributed by atoms with Gasteiger partial charge in [-0.3, -0.25) is 0 Å². The highest BCUT2D eigenvalue weighted by Gasteiger charge is 2.19. The first-order valence-electron chi connectivity index (χ1n) is 6.12. The summed E-state index contributed by atoms with van der Waals surface area (Å²) < 4.78 is 12.9. The number of rotatable bonds is 6. The molecule has 90 valence electrons. The van der Waals surface area contributed by atoms with Gasteiger partial charge in [-0.05, 0) is 36.6 Å². The SMILES string of the molecule is CCC(CC)C(CNC)c1ccc(F)cc1. The fourth-order valence-corrected chi connectivity index (χ4v) is 2.34. The Bertz CT molecular complexity index is 290. The van der Waals surface area contributed by atoms with Crippen LogP contribution >= 0.6 is 0 Å². The predicted octanol–water partition coefficient (Wildman–Crippen LogP) is 3.56. The van der Waals surface area contributed by atoms with Crippen LogP contribution < -0.4 is 5.32 Å². The zero-order valence-corrected chi connectivity index (χ0v) is 10.5. The fraction of sp³-hybridized carbons (Fsp3) is 0.571. The summed E-state index contributed by atoms with van der Waals surface area (Å²) >= 11 is 0. The van der Waals surface area contributed by atoms with E-state index in [1.165, 1.54) is 18.4 Å². The van der Waals surface area contributed by atoms with Crippen molar-refractivity contribution in [2.45, 2.75) is 32.6 Å². The second kappa shape index (κ2) is 6.64. The number of halogens is 1. The maximum Gasteiger partial charge on any atom is 0.123 e. The van der Waals surface area contributed by atoms with Crippen LogP contribution in [0.4, 0.5) is 4.39 Å². The van der Waals surface area contributed by atoms with Crippen LogP contribution in [0.3, 0.4) is 0 Å². The second-order valence-corrected chi connectivity index (χ2v) is 4.29. The third-order valence-corrected chi connectivity index (χ3v) is 3.34. The molecule has 0 aliphatic carbocycles. The molecule has 1 nitrogen and oxygen atoms in total. The number of hydrogen-bond acceptors (Lipinski definition) is 1. The molecule has 0 saturated heterocycles. The van der Waals surface area contributed by atoms with Crippen LogP contribution in [0.15, 0.2) is 24.3 Å². The molecule has 1 atom stereocenters. The van der Waals surface area contributed by atoms with Crippen molar-refractivity contribution >= 4 is 0 Å². The van der Waals surface area contributed by atoms with Crippen molar-refractivity contribution in [3.8, 4) is 0 Å². The van der Waals surface area contributed by atoms with Crippen LogP contribution in [0.1, 0.15) is 38.2 Å². The van der Waals surface area contributed by atoms with Gasteiger partial charge in [0.2, 0.25) is 0 Å². The molecular weight excluding hydrogens is 201 g/mol. The molecule has 0 aliphatic heterocycles. The van der Waals surface area contributed by atoms with Crippen molar-refractivity contribution in [1.82, 2.24) is 5.32 Å². The molecule has 1 N–H and O–H groups in total. The minimum atomic E-state index is -0.156. The Morgan fingerprint density at radius 3 is 2.12 bits per heavy atom. The number of likely N-dealkylation sites (N-methyl/N-ethyl adjacent to an activating group) is 1. The van der Waals surface area contributed by atoms with Gasteiger partial charge in [0.25, 0.3) is 0 Å². The second-order valence-electron chi connectivity index (χ2n) is 4.29. The quantitative estimate of drug-likeness (QED) is 0.777. The van der Waals surface area contributed by atoms with E-state index in [-0.39, 0.29) is 5.82 Å². The van der Waals surface area contributed by atoms with Crippen LogP contribution in [-0.2, 0) is 0 Å². The standard InChI is InChI=1S/C14H22FN/c1-4-11(5-2)14(10-16-3)12-6-8-13(15)9-7-12/h6-9,11,14,16H,4-5,10H2,1-3H3. The van der Waals surface area contributed by atoms with Gasteiger partial charge in [-0.1, -0.05) is 38.8 Å². The molecule has 0 aliphatic rings. The van der Waals surface area contributed by atoms with E-state index in [1.807, 2.05) is 19.2 Å². The largest absolute Gasteiger partial charge is 0.319 e. The van der Waals surface area contributed by atoms with Crippen LogP contribution in [0, 0.1) is 11.7 Å². The van der Waals surface area contributed by atoms with Gasteiger partial charge >= 0.3 is 0 Å². The number of hydrogen-bond donors (Lipinski definition) is 1. The third-order valence-electron chi connectivity index (χ3n) is 3.34. The van der Waals surface area contributed by atoms with E-state index in [2.05, 4.69) is 19.2 Å². The number of nitrogens with one attached hydrogen (secondary N) is 1. The first-order valence-corrected chi connectivity index (χ1v) is 6.12. The number of benzene rings is 1. The molecule has 0 heterocycles. The third kappa shape index (κ3) is 3.31. The van der Waals surface area contributed by atoms with Crippen molar-refractivity contribution in [3.63, 3.8) is 0 Å². The molecule has 1 unspecified atom stereocenters. The van der Waals surface area contributed by atoms with E-state index in [4.69, 9.17) is 0 Å². The van der Waals surface area contributed by atoms with Crippen molar-refractivity contribution < 1.29 is 4.39 Å². The summed E-state index contributed by atoms with van der Waals surface area (Å²) in [5.74, 6) is 0.995. The Kier molecular flexibility index (Phi) is 5.47. The maximum atomic E-state index is 12.9. The van der Waals surface area contributed by atoms with Crippen LogP contribution in [0.5, 0.6) is 0 Å². The summed E-state index contributed by atoms with van der Waals surface area (Å²) in [5.41, 5.74) is 1.24. The van der Waals surface area contributed by atoms with E-state index in [9.17, 15) is 4.39 Å². The highest BCUT2D eigenvalue weighted by Crippen LogP contribution is 2.29. The summed E-state index contributed by atoms with van der Waals surface area (Å²) in [7, 11) is 1.97. The van der Waals surface area contributed by atoms with Crippen LogP contribution in [-0.4, -0.2) is 13.6 Å². The Morgan fingerprint density at radius 1 is 1.12 bits per heavy atom. The summed E-state index contributed by atoms with van der Waals surface area (Å²) in [5, 5.41) is 3.24. The lowest BCUT2D eigenvalue weighted by atomic mass is 9.82. The molecule has 0 fully saturated rings. The molecule has 0 amide bonds. The van der Waals surface area contributed by atoms with Crippen molar-refractivity contribution in [2.75, 3.05) is 13.6 Å². The Hall–Kier alpha value is -0.890. The fourth-order valence-electron chi connectivity index (χ4n) is 2.34. The van der Waals surface area contributed by atoms with Gasteiger partial charge in [0.05, 0.1) is 0 Å².